The van der Waals surface area contributed by atoms with Crippen LogP contribution in [-0.4, -0.2) is 25.4 Å². The van der Waals surface area contributed by atoms with Gasteiger partial charge in [0.1, 0.15) is 0 Å². The first-order valence-corrected chi connectivity index (χ1v) is 10.3. The summed E-state index contributed by atoms with van der Waals surface area (Å²) in [6, 6.07) is 17.7. The van der Waals surface area contributed by atoms with E-state index in [9.17, 15) is 4.79 Å². The number of hydrogen-bond acceptors (Lipinski definition) is 3. The number of urea groups is 1. The average molecular weight is 415 g/mol. The van der Waals surface area contributed by atoms with Gasteiger partial charge in [0.15, 0.2) is 0 Å². The Balaban J connectivity index is 1.37. The fourth-order valence-corrected chi connectivity index (χ4v) is 3.60. The number of aryl methyl sites for hydroxylation is 1. The minimum atomic E-state index is -0.211. The number of imidazole rings is 1. The number of aromatic nitrogens is 4. The van der Waals surface area contributed by atoms with Crippen LogP contribution in [0.4, 0.5) is 4.79 Å². The van der Waals surface area contributed by atoms with Gasteiger partial charge >= 0.3 is 6.03 Å². The van der Waals surface area contributed by atoms with Crippen molar-refractivity contribution < 1.29 is 4.79 Å². The fourth-order valence-electron chi connectivity index (χ4n) is 3.60. The SMILES string of the molecule is Cc1nn(-c2ccccc2)c(C)c1CNC(=O)N[C@H](C)c1ccc(-n2ccnc2)cc1. The molecule has 4 rings (SSSR count). The molecular weight excluding hydrogens is 388 g/mol. The van der Waals surface area contributed by atoms with E-state index < -0.39 is 0 Å². The van der Waals surface area contributed by atoms with E-state index in [-0.39, 0.29) is 12.1 Å². The molecule has 0 aliphatic rings. The Hall–Kier alpha value is -3.87. The number of nitrogens with zero attached hydrogens (tertiary/aromatic N) is 4. The first kappa shape index (κ1) is 20.4. The highest BCUT2D eigenvalue weighted by atomic mass is 16.2. The Bertz CT molecular complexity index is 1150. The van der Waals surface area contributed by atoms with Gasteiger partial charge in [-0.3, -0.25) is 0 Å². The molecule has 2 aromatic heterocycles. The van der Waals surface area contributed by atoms with E-state index in [1.54, 1.807) is 12.5 Å². The number of carbonyl (C=O) groups is 1. The molecule has 1 atom stereocenters. The Morgan fingerprint density at radius 2 is 1.77 bits per heavy atom. The summed E-state index contributed by atoms with van der Waals surface area (Å²) in [6.45, 7) is 6.37. The molecule has 7 heteroatoms. The number of benzene rings is 2. The minimum Gasteiger partial charge on any atom is -0.334 e. The Morgan fingerprint density at radius 1 is 1.03 bits per heavy atom. The molecule has 2 N–H and O–H groups in total. The zero-order valence-electron chi connectivity index (χ0n) is 17.9. The van der Waals surface area contributed by atoms with Gasteiger partial charge in [-0.2, -0.15) is 5.10 Å². The highest BCUT2D eigenvalue weighted by Crippen LogP contribution is 2.18. The first-order chi connectivity index (χ1) is 15.0. The van der Waals surface area contributed by atoms with Crippen LogP contribution in [-0.2, 0) is 6.54 Å². The highest BCUT2D eigenvalue weighted by Gasteiger charge is 2.15. The second-order valence-corrected chi connectivity index (χ2v) is 7.51. The summed E-state index contributed by atoms with van der Waals surface area (Å²) in [4.78, 5) is 16.6. The van der Waals surface area contributed by atoms with Crippen LogP contribution in [0.5, 0.6) is 0 Å². The van der Waals surface area contributed by atoms with Crippen LogP contribution in [0.3, 0.4) is 0 Å². The molecule has 0 aliphatic carbocycles. The fraction of sp³-hybridized carbons (Fsp3) is 0.208. The molecule has 4 aromatic rings. The van der Waals surface area contributed by atoms with Gasteiger partial charge in [0, 0.05) is 35.9 Å². The van der Waals surface area contributed by atoms with Crippen LogP contribution in [0, 0.1) is 13.8 Å². The van der Waals surface area contributed by atoms with E-state index in [4.69, 9.17) is 0 Å². The normalized spacial score (nSPS) is 11.8. The van der Waals surface area contributed by atoms with Gasteiger partial charge in [-0.25, -0.2) is 14.5 Å². The molecule has 2 heterocycles. The van der Waals surface area contributed by atoms with Crippen molar-refractivity contribution in [1.82, 2.24) is 30.0 Å². The smallest absolute Gasteiger partial charge is 0.315 e. The molecule has 0 saturated heterocycles. The number of hydrogen-bond donors (Lipinski definition) is 2. The van der Waals surface area contributed by atoms with E-state index in [0.717, 1.165) is 33.9 Å². The number of amides is 2. The lowest BCUT2D eigenvalue weighted by Crippen LogP contribution is -2.36. The maximum absolute atomic E-state index is 12.5. The summed E-state index contributed by atoms with van der Waals surface area (Å²) in [7, 11) is 0. The minimum absolute atomic E-state index is 0.119. The van der Waals surface area contributed by atoms with Gasteiger partial charge in [0.2, 0.25) is 0 Å². The van der Waals surface area contributed by atoms with Crippen LogP contribution in [0.1, 0.15) is 35.5 Å². The van der Waals surface area contributed by atoms with Gasteiger partial charge in [-0.05, 0) is 50.6 Å². The zero-order chi connectivity index (χ0) is 21.8. The van der Waals surface area contributed by atoms with E-state index in [1.807, 2.05) is 90.8 Å². The Labute approximate surface area is 181 Å². The van der Waals surface area contributed by atoms with Gasteiger partial charge in [0.25, 0.3) is 0 Å². The van der Waals surface area contributed by atoms with Crippen LogP contribution in [0.25, 0.3) is 11.4 Å². The summed E-state index contributed by atoms with van der Waals surface area (Å²) >= 11 is 0. The summed E-state index contributed by atoms with van der Waals surface area (Å²) in [5.41, 5.74) is 6.02. The lowest BCUT2D eigenvalue weighted by atomic mass is 10.1. The predicted octanol–water partition coefficient (Wildman–Crippen LogP) is 4.24. The van der Waals surface area contributed by atoms with Gasteiger partial charge in [-0.1, -0.05) is 30.3 Å². The van der Waals surface area contributed by atoms with Crippen molar-refractivity contribution >= 4 is 6.03 Å². The van der Waals surface area contributed by atoms with E-state index >= 15 is 0 Å². The molecule has 31 heavy (non-hydrogen) atoms. The van der Waals surface area contributed by atoms with Crippen molar-refractivity contribution in [3.05, 3.63) is 95.8 Å². The van der Waals surface area contributed by atoms with Crippen molar-refractivity contribution in [2.75, 3.05) is 0 Å². The van der Waals surface area contributed by atoms with Crippen LogP contribution in [0.2, 0.25) is 0 Å². The van der Waals surface area contributed by atoms with Gasteiger partial charge in [-0.15, -0.1) is 0 Å². The largest absolute Gasteiger partial charge is 0.334 e. The molecule has 0 radical (unpaired) electrons. The van der Waals surface area contributed by atoms with Crippen LogP contribution in [0.15, 0.2) is 73.3 Å². The molecule has 7 nitrogen and oxygen atoms in total. The summed E-state index contributed by atoms with van der Waals surface area (Å²) < 4.78 is 3.85. The maximum atomic E-state index is 12.5. The molecule has 2 amide bonds. The molecule has 0 bridgehead atoms. The van der Waals surface area contributed by atoms with Crippen molar-refractivity contribution in [3.63, 3.8) is 0 Å². The Kier molecular flexibility index (Phi) is 5.84. The number of para-hydroxylation sites is 1. The molecule has 2 aromatic carbocycles. The number of nitrogens with one attached hydrogen (secondary N) is 2. The van der Waals surface area contributed by atoms with E-state index in [1.165, 1.54) is 0 Å². The third kappa shape index (κ3) is 4.50. The van der Waals surface area contributed by atoms with Gasteiger partial charge in [0.05, 0.1) is 23.8 Å². The quantitative estimate of drug-likeness (QED) is 0.496. The summed E-state index contributed by atoms with van der Waals surface area (Å²) in [5.74, 6) is 0. The van der Waals surface area contributed by atoms with Crippen molar-refractivity contribution in [2.24, 2.45) is 0 Å². The molecule has 158 valence electrons. The number of carbonyl (C=O) groups excluding carboxylic acids is 1. The molecule has 0 spiro atoms. The molecular formula is C24H26N6O. The van der Waals surface area contributed by atoms with Crippen molar-refractivity contribution in [3.8, 4) is 11.4 Å². The second kappa shape index (κ2) is 8.87. The summed E-state index contributed by atoms with van der Waals surface area (Å²) in [5, 5.41) is 10.6. The third-order valence-corrected chi connectivity index (χ3v) is 5.41. The Morgan fingerprint density at radius 3 is 2.45 bits per heavy atom. The number of rotatable bonds is 6. The topological polar surface area (TPSA) is 76.8 Å². The maximum Gasteiger partial charge on any atom is 0.315 e. The second-order valence-electron chi connectivity index (χ2n) is 7.51. The summed E-state index contributed by atoms with van der Waals surface area (Å²) in [6.07, 6.45) is 5.40. The van der Waals surface area contributed by atoms with Crippen molar-refractivity contribution in [1.29, 1.82) is 0 Å². The monoisotopic (exact) mass is 414 g/mol. The standard InChI is InChI=1S/C24H26N6O/c1-17(20-9-11-21(12-10-20)29-14-13-25-16-29)27-24(31)26-15-23-18(2)28-30(19(23)3)22-7-5-4-6-8-22/h4-14,16-17H,15H2,1-3H3,(H2,26,27,31)/t17-/m1/s1. The first-order valence-electron chi connectivity index (χ1n) is 10.3. The van der Waals surface area contributed by atoms with Gasteiger partial charge < -0.3 is 15.2 Å². The predicted molar refractivity (Wildman–Crippen MR) is 120 cm³/mol. The van der Waals surface area contributed by atoms with E-state index in [2.05, 4.69) is 20.7 Å². The molecule has 0 saturated carbocycles. The molecule has 0 fully saturated rings. The van der Waals surface area contributed by atoms with Crippen LogP contribution < -0.4 is 10.6 Å². The molecule has 0 unspecified atom stereocenters. The third-order valence-electron chi connectivity index (χ3n) is 5.41. The average Bonchev–Trinajstić information content (AvgIpc) is 3.42. The lowest BCUT2D eigenvalue weighted by Gasteiger charge is -2.16. The van der Waals surface area contributed by atoms with E-state index in [0.29, 0.717) is 6.54 Å². The lowest BCUT2D eigenvalue weighted by molar-refractivity contribution is 0.237. The highest BCUT2D eigenvalue weighted by molar-refractivity contribution is 5.74. The molecule has 0 aliphatic heterocycles. The van der Waals surface area contributed by atoms with Crippen LogP contribution >= 0.6 is 0 Å². The zero-order valence-corrected chi connectivity index (χ0v) is 17.9. The van der Waals surface area contributed by atoms with Crippen molar-refractivity contribution in [2.45, 2.75) is 33.4 Å².